The Morgan fingerprint density at radius 3 is 2.44 bits per heavy atom. The maximum atomic E-state index is 12.9. The van der Waals surface area contributed by atoms with Gasteiger partial charge in [0.25, 0.3) is 5.91 Å². The quantitative estimate of drug-likeness (QED) is 0.313. The van der Waals surface area contributed by atoms with Gasteiger partial charge in [0.2, 0.25) is 0 Å². The number of fused-ring (bicyclic) bond motifs is 1. The Hall–Kier alpha value is -4.10. The van der Waals surface area contributed by atoms with Gasteiger partial charge in [0.15, 0.2) is 0 Å². The molecule has 202 valence electrons. The monoisotopic (exact) mass is 525 g/mol. The maximum absolute atomic E-state index is 12.9. The number of amides is 2. The summed E-state index contributed by atoms with van der Waals surface area (Å²) in [6.07, 6.45) is -0.248. The molecule has 7 nitrogen and oxygen atoms in total. The lowest BCUT2D eigenvalue weighted by Crippen LogP contribution is -2.49. The molecule has 7 heteroatoms. The molecule has 1 saturated heterocycles. The van der Waals surface area contributed by atoms with Crippen molar-refractivity contribution in [1.82, 2.24) is 9.80 Å². The molecule has 3 aromatic carbocycles. The van der Waals surface area contributed by atoms with Crippen LogP contribution in [0.5, 0.6) is 0 Å². The molecule has 2 heterocycles. The van der Waals surface area contributed by atoms with Crippen LogP contribution in [0.3, 0.4) is 0 Å². The van der Waals surface area contributed by atoms with Crippen molar-refractivity contribution in [2.24, 2.45) is 0 Å². The second kappa shape index (κ2) is 10.9. The van der Waals surface area contributed by atoms with E-state index < -0.39 is 5.60 Å². The largest absolute Gasteiger partial charge is 0.456 e. The van der Waals surface area contributed by atoms with E-state index in [-0.39, 0.29) is 12.0 Å². The van der Waals surface area contributed by atoms with E-state index in [9.17, 15) is 9.59 Å². The first-order chi connectivity index (χ1) is 18.6. The van der Waals surface area contributed by atoms with Gasteiger partial charge in [-0.1, -0.05) is 42.0 Å². The molecule has 0 atom stereocenters. The zero-order valence-electron chi connectivity index (χ0n) is 23.0. The minimum Gasteiger partial charge on any atom is -0.456 e. The van der Waals surface area contributed by atoms with Crippen LogP contribution in [-0.4, -0.2) is 53.6 Å². The van der Waals surface area contributed by atoms with Crippen LogP contribution >= 0.6 is 0 Å². The molecule has 0 bridgehead atoms. The first kappa shape index (κ1) is 26.5. The lowest BCUT2D eigenvalue weighted by Gasteiger charge is -2.35. The van der Waals surface area contributed by atoms with Crippen molar-refractivity contribution < 1.29 is 18.7 Å². The number of aryl methyl sites for hydroxylation is 1. The van der Waals surface area contributed by atoms with Gasteiger partial charge in [-0.15, -0.1) is 0 Å². The smallest absolute Gasteiger partial charge is 0.410 e. The summed E-state index contributed by atoms with van der Waals surface area (Å²) in [5, 5.41) is 4.05. The molecule has 1 aliphatic heterocycles. The molecule has 0 aliphatic carbocycles. The standard InChI is InChI=1S/C32H35N3O4/c1-22-8-7-9-25(18-22)30(36)33-27-11-6-5-10-26(27)29-20-24-13-12-23(19-28(24)38-29)21-34-14-16-35(17-15-34)31(37)39-32(2,3)4/h5-13,18-20H,14-17,21H2,1-4H3,(H,33,36). The third-order valence-electron chi connectivity index (χ3n) is 6.74. The second-order valence-electron chi connectivity index (χ2n) is 11.1. The molecule has 0 unspecified atom stereocenters. The highest BCUT2D eigenvalue weighted by Crippen LogP contribution is 2.33. The molecular formula is C32H35N3O4. The molecule has 39 heavy (non-hydrogen) atoms. The van der Waals surface area contributed by atoms with Crippen LogP contribution < -0.4 is 5.32 Å². The summed E-state index contributed by atoms with van der Waals surface area (Å²) in [4.78, 5) is 29.4. The summed E-state index contributed by atoms with van der Waals surface area (Å²) in [6, 6.07) is 23.5. The average molecular weight is 526 g/mol. The number of carbonyl (C=O) groups is 2. The topological polar surface area (TPSA) is 75.0 Å². The molecule has 1 aromatic heterocycles. The van der Waals surface area contributed by atoms with Gasteiger partial charge in [0, 0.05) is 49.2 Å². The summed E-state index contributed by atoms with van der Waals surface area (Å²) >= 11 is 0. The Labute approximate surface area is 229 Å². The number of para-hydroxylation sites is 1. The highest BCUT2D eigenvalue weighted by molar-refractivity contribution is 6.06. The maximum Gasteiger partial charge on any atom is 0.410 e. The van der Waals surface area contributed by atoms with Crippen molar-refractivity contribution >= 4 is 28.7 Å². The van der Waals surface area contributed by atoms with Crippen LogP contribution in [0.15, 0.2) is 77.2 Å². The van der Waals surface area contributed by atoms with Gasteiger partial charge in [-0.3, -0.25) is 9.69 Å². The number of ether oxygens (including phenoxy) is 1. The zero-order chi connectivity index (χ0) is 27.6. The van der Waals surface area contributed by atoms with Crippen LogP contribution in [0.25, 0.3) is 22.3 Å². The lowest BCUT2D eigenvalue weighted by molar-refractivity contribution is 0.0139. The number of furan rings is 1. The van der Waals surface area contributed by atoms with Gasteiger partial charge in [0.05, 0.1) is 5.69 Å². The third-order valence-corrected chi connectivity index (χ3v) is 6.74. The molecule has 0 saturated carbocycles. The minimum absolute atomic E-state index is 0.156. The van der Waals surface area contributed by atoms with E-state index in [1.54, 1.807) is 4.90 Å². The van der Waals surface area contributed by atoms with E-state index in [0.29, 0.717) is 30.1 Å². The number of nitrogens with one attached hydrogen (secondary N) is 1. The molecule has 1 fully saturated rings. The van der Waals surface area contributed by atoms with Crippen LogP contribution in [-0.2, 0) is 11.3 Å². The van der Waals surface area contributed by atoms with Gasteiger partial charge < -0.3 is 19.4 Å². The minimum atomic E-state index is -0.487. The van der Waals surface area contributed by atoms with Crippen molar-refractivity contribution in [2.45, 2.75) is 39.8 Å². The van der Waals surface area contributed by atoms with E-state index in [2.05, 4.69) is 28.4 Å². The average Bonchev–Trinajstić information content (AvgIpc) is 3.32. The van der Waals surface area contributed by atoms with Crippen molar-refractivity contribution in [3.63, 3.8) is 0 Å². The molecule has 5 rings (SSSR count). The fraction of sp³-hybridized carbons (Fsp3) is 0.312. The molecular weight excluding hydrogens is 490 g/mol. The number of benzene rings is 3. The van der Waals surface area contributed by atoms with Crippen LogP contribution in [0.1, 0.15) is 42.3 Å². The number of carbonyl (C=O) groups excluding carboxylic acids is 2. The first-order valence-corrected chi connectivity index (χ1v) is 13.3. The first-order valence-electron chi connectivity index (χ1n) is 13.3. The Morgan fingerprint density at radius 1 is 0.923 bits per heavy atom. The summed E-state index contributed by atoms with van der Waals surface area (Å²) in [7, 11) is 0. The summed E-state index contributed by atoms with van der Waals surface area (Å²) in [5.74, 6) is 0.546. The van der Waals surface area contributed by atoms with Crippen LogP contribution in [0.2, 0.25) is 0 Å². The predicted octanol–water partition coefficient (Wildman–Crippen LogP) is 6.71. The number of hydrogen-bond acceptors (Lipinski definition) is 5. The molecule has 1 N–H and O–H groups in total. The Kier molecular flexibility index (Phi) is 7.44. The Bertz CT molecular complexity index is 1490. The molecule has 0 spiro atoms. The van der Waals surface area contributed by atoms with Crippen molar-refractivity contribution in [3.8, 4) is 11.3 Å². The number of hydrogen-bond donors (Lipinski definition) is 1. The zero-order valence-corrected chi connectivity index (χ0v) is 23.0. The fourth-order valence-electron chi connectivity index (χ4n) is 4.77. The highest BCUT2D eigenvalue weighted by Gasteiger charge is 2.26. The van der Waals surface area contributed by atoms with Crippen LogP contribution in [0.4, 0.5) is 10.5 Å². The Morgan fingerprint density at radius 2 is 1.69 bits per heavy atom. The van der Waals surface area contributed by atoms with Gasteiger partial charge in [-0.2, -0.15) is 0 Å². The van der Waals surface area contributed by atoms with Gasteiger partial charge >= 0.3 is 6.09 Å². The summed E-state index contributed by atoms with van der Waals surface area (Å²) < 4.78 is 11.8. The predicted molar refractivity (Wildman–Crippen MR) is 154 cm³/mol. The molecule has 0 radical (unpaired) electrons. The normalized spacial score (nSPS) is 14.4. The number of rotatable bonds is 5. The SMILES string of the molecule is Cc1cccc(C(=O)Nc2ccccc2-c2cc3ccc(CN4CCN(C(=O)OC(C)(C)C)CC4)cc3o2)c1. The number of anilines is 1. The van der Waals surface area contributed by atoms with Crippen molar-refractivity contribution in [1.29, 1.82) is 0 Å². The molecule has 4 aromatic rings. The number of piperazine rings is 1. The lowest BCUT2D eigenvalue weighted by atomic mass is 10.1. The van der Waals surface area contributed by atoms with Gasteiger partial charge in [0.1, 0.15) is 16.9 Å². The van der Waals surface area contributed by atoms with E-state index >= 15 is 0 Å². The number of nitrogens with zero attached hydrogens (tertiary/aromatic N) is 2. The van der Waals surface area contributed by atoms with Gasteiger partial charge in [-0.05, 0) is 69.7 Å². The van der Waals surface area contributed by atoms with Crippen molar-refractivity contribution in [3.05, 3.63) is 89.5 Å². The Balaban J connectivity index is 1.27. The third kappa shape index (κ3) is 6.49. The van der Waals surface area contributed by atoms with E-state index in [4.69, 9.17) is 9.15 Å². The molecule has 1 aliphatic rings. The highest BCUT2D eigenvalue weighted by atomic mass is 16.6. The van der Waals surface area contributed by atoms with Gasteiger partial charge in [-0.25, -0.2) is 4.79 Å². The summed E-state index contributed by atoms with van der Waals surface area (Å²) in [5.41, 5.74) is 4.64. The van der Waals surface area contributed by atoms with Crippen molar-refractivity contribution in [2.75, 3.05) is 31.5 Å². The van der Waals surface area contributed by atoms with E-state index in [1.165, 1.54) is 0 Å². The molecule has 2 amide bonds. The summed E-state index contributed by atoms with van der Waals surface area (Å²) in [6.45, 7) is 11.3. The van der Waals surface area contributed by atoms with Crippen LogP contribution in [0, 0.1) is 6.92 Å². The van der Waals surface area contributed by atoms with E-state index in [1.807, 2.05) is 82.3 Å². The fourth-order valence-corrected chi connectivity index (χ4v) is 4.77. The second-order valence-corrected chi connectivity index (χ2v) is 11.1. The van der Waals surface area contributed by atoms with E-state index in [0.717, 1.165) is 47.3 Å².